The van der Waals surface area contributed by atoms with Crippen LogP contribution in [0.1, 0.15) is 30.9 Å². The Morgan fingerprint density at radius 3 is 2.45 bits per heavy atom. The highest BCUT2D eigenvalue weighted by atomic mass is 16.7. The second kappa shape index (κ2) is 13.1. The van der Waals surface area contributed by atoms with E-state index in [1.807, 2.05) is 24.3 Å². The number of esters is 1. The summed E-state index contributed by atoms with van der Waals surface area (Å²) in [5, 5.41) is 0. The number of carbonyl (C=O) groups is 1. The number of benzene rings is 2. The molecule has 0 spiro atoms. The number of aryl methyl sites for hydroxylation is 1. The Hall–Kier alpha value is -4.24. The van der Waals surface area contributed by atoms with Crippen molar-refractivity contribution in [1.82, 2.24) is 0 Å². The van der Waals surface area contributed by atoms with Crippen LogP contribution in [0.15, 0.2) is 107 Å². The summed E-state index contributed by atoms with van der Waals surface area (Å²) in [6, 6.07) is 15.4. The second-order valence-electron chi connectivity index (χ2n) is 6.29. The van der Waals surface area contributed by atoms with Crippen LogP contribution in [0.3, 0.4) is 0 Å². The lowest BCUT2D eigenvalue weighted by Crippen LogP contribution is -2.05. The first-order valence-corrected chi connectivity index (χ1v) is 9.79. The van der Waals surface area contributed by atoms with Crippen molar-refractivity contribution in [3.63, 3.8) is 0 Å². The molecule has 0 bridgehead atoms. The van der Waals surface area contributed by atoms with Gasteiger partial charge < -0.3 is 9.47 Å². The van der Waals surface area contributed by atoms with E-state index in [4.69, 9.17) is 9.47 Å². The topological polar surface area (TPSA) is 47.9 Å². The van der Waals surface area contributed by atoms with E-state index in [0.717, 1.165) is 23.7 Å². The molecule has 0 amide bonds. The van der Waals surface area contributed by atoms with Gasteiger partial charge in [0.05, 0.1) is 5.69 Å². The van der Waals surface area contributed by atoms with Crippen LogP contribution in [0.5, 0.6) is 5.75 Å². The normalized spacial score (nSPS) is 9.45. The number of rotatable bonds is 9. The third-order valence-electron chi connectivity index (χ3n) is 3.95. The summed E-state index contributed by atoms with van der Waals surface area (Å²) in [5.41, 5.74) is 15.4. The van der Waals surface area contributed by atoms with E-state index in [2.05, 4.69) is 65.9 Å². The Morgan fingerprint density at radius 2 is 1.81 bits per heavy atom. The van der Waals surface area contributed by atoms with Crippen molar-refractivity contribution in [2.45, 2.75) is 26.2 Å². The van der Waals surface area contributed by atoms with Crippen molar-refractivity contribution in [3.05, 3.63) is 113 Å². The van der Waals surface area contributed by atoms with Gasteiger partial charge in [-0.1, -0.05) is 37.8 Å². The van der Waals surface area contributed by atoms with Crippen molar-refractivity contribution in [3.8, 4) is 5.75 Å². The number of carbonyl (C=O) groups excluding carboxylic acids is 1. The molecule has 0 atom stereocenters. The first kappa shape index (κ1) is 23.0. The summed E-state index contributed by atoms with van der Waals surface area (Å²) in [5.74, 6) is -0.438. The largest absolute Gasteiger partial charge is 0.419 e. The van der Waals surface area contributed by atoms with Crippen molar-refractivity contribution < 1.29 is 14.3 Å². The summed E-state index contributed by atoms with van der Waals surface area (Å²) < 4.78 is 10.5. The van der Waals surface area contributed by atoms with Gasteiger partial charge in [-0.15, -0.1) is 0 Å². The summed E-state index contributed by atoms with van der Waals surface area (Å²) >= 11 is 0. The minimum Gasteiger partial charge on any atom is -0.419 e. The summed E-state index contributed by atoms with van der Waals surface area (Å²) in [6.45, 7) is 8.89. The Balaban J connectivity index is 2.10. The van der Waals surface area contributed by atoms with Gasteiger partial charge in [0.25, 0.3) is 0 Å². The first-order valence-electron chi connectivity index (χ1n) is 9.79. The number of unbranched alkanes of at least 4 members (excludes halogenated alkanes) is 1. The third-order valence-corrected chi connectivity index (χ3v) is 3.95. The molecule has 0 fully saturated rings. The van der Waals surface area contributed by atoms with Gasteiger partial charge in [0, 0.05) is 18.0 Å². The fraction of sp³-hybridized carbons (Fsp3) is 0.148. The molecular weight excluding hydrogens is 386 g/mol. The number of aliphatic imine (C=N–C) groups is 1. The lowest BCUT2D eigenvalue weighted by Gasteiger charge is -2.06. The van der Waals surface area contributed by atoms with Crippen molar-refractivity contribution >= 4 is 17.9 Å². The van der Waals surface area contributed by atoms with Gasteiger partial charge in [-0.05, 0) is 84.1 Å². The minimum atomic E-state index is -0.683. The average Bonchev–Trinajstić information content (AvgIpc) is 2.80. The van der Waals surface area contributed by atoms with E-state index in [0.29, 0.717) is 5.75 Å². The lowest BCUT2D eigenvalue weighted by atomic mass is 10.1. The van der Waals surface area contributed by atoms with Crippen molar-refractivity contribution in [2.24, 2.45) is 4.99 Å². The quantitative estimate of drug-likeness (QED) is 0.164. The van der Waals surface area contributed by atoms with E-state index in [9.17, 15) is 4.79 Å². The van der Waals surface area contributed by atoms with Crippen LogP contribution in [-0.4, -0.2) is 12.2 Å². The monoisotopic (exact) mass is 409 g/mol. The smallest absolute Gasteiger partial charge is 0.350 e. The van der Waals surface area contributed by atoms with E-state index < -0.39 is 5.97 Å². The molecule has 0 aromatic heterocycles. The van der Waals surface area contributed by atoms with Crippen LogP contribution in [0.4, 0.5) is 5.69 Å². The average molecular weight is 409 g/mol. The molecule has 0 N–H and O–H groups in total. The van der Waals surface area contributed by atoms with Gasteiger partial charge in [-0.2, -0.15) is 0 Å². The Morgan fingerprint density at radius 1 is 1.06 bits per heavy atom. The third kappa shape index (κ3) is 8.75. The summed E-state index contributed by atoms with van der Waals surface area (Å²) in [6.07, 6.45) is 6.25. The molecule has 0 heterocycles. The van der Waals surface area contributed by atoms with E-state index >= 15 is 0 Å². The Bertz CT molecular complexity index is 1120. The molecule has 31 heavy (non-hydrogen) atoms. The van der Waals surface area contributed by atoms with Crippen molar-refractivity contribution in [1.29, 1.82) is 0 Å². The number of hydrogen-bond acceptors (Lipinski definition) is 4. The molecule has 2 aromatic carbocycles. The van der Waals surface area contributed by atoms with Crippen LogP contribution in [0, 0.1) is 0 Å². The minimum absolute atomic E-state index is 0.201. The molecular formula is C27H23NO3. The van der Waals surface area contributed by atoms with E-state index in [1.165, 1.54) is 18.4 Å². The molecule has 4 nitrogen and oxygen atoms in total. The maximum atomic E-state index is 11.5. The SMILES string of the molecule is C=C=C=C=C=C=C(OC(=O)C=C)Oc1ccc(C=Nc2ccc(CCCC)cc2)cc1. The van der Waals surface area contributed by atoms with Gasteiger partial charge >= 0.3 is 11.9 Å². The maximum Gasteiger partial charge on any atom is 0.350 e. The van der Waals surface area contributed by atoms with Crippen LogP contribution in [0.2, 0.25) is 0 Å². The highest BCUT2D eigenvalue weighted by Crippen LogP contribution is 2.17. The standard InChI is InChI=1S/C27H23NO3/c1-4-7-9-10-12-27(31-26(29)6-3)30-25-19-15-23(16-20-25)21-28-24-17-13-22(14-18-24)11-8-5-2/h6,13-21H,1,3,5,8,11H2,2H3. The highest BCUT2D eigenvalue weighted by Gasteiger charge is 2.06. The zero-order valence-corrected chi connectivity index (χ0v) is 17.5. The van der Waals surface area contributed by atoms with Gasteiger partial charge in [0.1, 0.15) is 5.75 Å². The molecule has 0 unspecified atom stereocenters. The molecule has 2 aromatic rings. The Labute approximate surface area is 182 Å². The number of nitrogens with zero attached hydrogens (tertiary/aromatic N) is 1. The fourth-order valence-corrected chi connectivity index (χ4v) is 2.37. The molecule has 2 rings (SSSR count). The van der Waals surface area contributed by atoms with Crippen molar-refractivity contribution in [2.75, 3.05) is 0 Å². The molecule has 0 saturated heterocycles. The molecule has 154 valence electrons. The van der Waals surface area contributed by atoms with Gasteiger partial charge in [-0.25, -0.2) is 4.79 Å². The zero-order valence-electron chi connectivity index (χ0n) is 17.5. The highest BCUT2D eigenvalue weighted by molar-refractivity contribution is 5.82. The molecule has 0 radical (unpaired) electrons. The van der Waals surface area contributed by atoms with Crippen LogP contribution >= 0.6 is 0 Å². The van der Waals surface area contributed by atoms with Crippen LogP contribution < -0.4 is 4.74 Å². The Kier molecular flexibility index (Phi) is 9.72. The first-order chi connectivity index (χ1) is 15.1. The van der Waals surface area contributed by atoms with Gasteiger partial charge in [-0.3, -0.25) is 4.99 Å². The maximum absolute atomic E-state index is 11.5. The predicted octanol–water partition coefficient (Wildman–Crippen LogP) is 6.13. The zero-order chi connectivity index (χ0) is 22.3. The second-order valence-corrected chi connectivity index (χ2v) is 6.29. The summed E-state index contributed by atoms with van der Waals surface area (Å²) in [4.78, 5) is 16.0. The predicted molar refractivity (Wildman–Crippen MR) is 122 cm³/mol. The fourth-order valence-electron chi connectivity index (χ4n) is 2.37. The van der Waals surface area contributed by atoms with Gasteiger partial charge in [0.15, 0.2) is 0 Å². The molecule has 0 aliphatic carbocycles. The summed E-state index contributed by atoms with van der Waals surface area (Å²) in [7, 11) is 0. The number of ether oxygens (including phenoxy) is 2. The van der Waals surface area contributed by atoms with Crippen LogP contribution in [-0.2, 0) is 16.0 Å². The molecule has 0 aliphatic rings. The molecule has 4 heteroatoms. The van der Waals surface area contributed by atoms with E-state index in [1.54, 1.807) is 18.3 Å². The van der Waals surface area contributed by atoms with E-state index in [-0.39, 0.29) is 5.95 Å². The number of hydrogen-bond donors (Lipinski definition) is 0. The molecule has 0 aliphatic heterocycles. The van der Waals surface area contributed by atoms with Gasteiger partial charge in [0.2, 0.25) is 0 Å². The lowest BCUT2D eigenvalue weighted by molar-refractivity contribution is -0.136. The van der Waals surface area contributed by atoms with Crippen LogP contribution in [0.25, 0.3) is 0 Å². The molecule has 0 saturated carbocycles.